The van der Waals surface area contributed by atoms with E-state index in [9.17, 15) is 18.3 Å². The largest absolute Gasteiger partial charge is 0.550 e. The highest BCUT2D eigenvalue weighted by molar-refractivity contribution is 7.91. The first-order valence-corrected chi connectivity index (χ1v) is 10.4. The van der Waals surface area contributed by atoms with Gasteiger partial charge in [-0.1, -0.05) is 36.4 Å². The Morgan fingerprint density at radius 3 is 2.44 bits per heavy atom. The zero-order valence-electron chi connectivity index (χ0n) is 14.1. The number of rotatable bonds is 8. The van der Waals surface area contributed by atoms with Crippen molar-refractivity contribution in [3.05, 3.63) is 77.7 Å². The summed E-state index contributed by atoms with van der Waals surface area (Å²) < 4.78 is 33.3. The first kappa shape index (κ1) is 19.1. The van der Waals surface area contributed by atoms with E-state index in [0.29, 0.717) is 17.1 Å². The highest BCUT2D eigenvalue weighted by Crippen LogP contribution is 2.27. The molecule has 0 saturated carbocycles. The highest BCUT2D eigenvalue weighted by Gasteiger charge is 2.23. The van der Waals surface area contributed by atoms with E-state index in [0.717, 1.165) is 11.3 Å². The number of hydrogen-bond donors (Lipinski definition) is 1. The lowest BCUT2D eigenvalue weighted by molar-refractivity contribution is -0.306. The molecule has 0 aliphatic heterocycles. The number of carbonyl (C=O) groups excluding carboxylic acids is 1. The fourth-order valence-electron chi connectivity index (χ4n) is 2.48. The van der Waals surface area contributed by atoms with E-state index in [1.165, 1.54) is 6.07 Å². The molecule has 140 valence electrons. The van der Waals surface area contributed by atoms with E-state index in [1.807, 2.05) is 18.2 Å². The van der Waals surface area contributed by atoms with Crippen LogP contribution in [0.3, 0.4) is 0 Å². The molecule has 0 saturated heterocycles. The number of aliphatic carboxylic acids is 1. The normalized spacial score (nSPS) is 12.4. The zero-order valence-corrected chi connectivity index (χ0v) is 15.7. The van der Waals surface area contributed by atoms with E-state index >= 15 is 0 Å². The maximum Gasteiger partial charge on any atom is 0.250 e. The summed E-state index contributed by atoms with van der Waals surface area (Å²) in [5.41, 5.74) is 0.466. The molecule has 0 aliphatic rings. The van der Waals surface area contributed by atoms with Gasteiger partial charge in [-0.25, -0.2) is 13.1 Å². The van der Waals surface area contributed by atoms with Crippen molar-refractivity contribution in [1.29, 1.82) is 0 Å². The van der Waals surface area contributed by atoms with Crippen molar-refractivity contribution in [3.8, 4) is 11.5 Å². The lowest BCUT2D eigenvalue weighted by Crippen LogP contribution is -2.34. The standard InChI is InChI=1S/C19H17NO5S2/c21-18(22)13-17(20-27(23,24)19-10-5-11-26-19)14-6-4-9-16(12-14)25-15-7-2-1-3-8-15/h1-12,17,20H,13H2,(H,21,22)/p-1/t17-/m0/s1. The lowest BCUT2D eigenvalue weighted by atomic mass is 10.0. The average Bonchev–Trinajstić information content (AvgIpc) is 3.17. The van der Waals surface area contributed by atoms with E-state index in [1.54, 1.807) is 47.8 Å². The Hall–Kier alpha value is -2.68. The summed E-state index contributed by atoms with van der Waals surface area (Å²) in [6, 6.07) is 17.8. The van der Waals surface area contributed by atoms with Crippen LogP contribution in [-0.2, 0) is 14.8 Å². The van der Waals surface area contributed by atoms with Crippen LogP contribution in [-0.4, -0.2) is 14.4 Å². The van der Waals surface area contributed by atoms with Gasteiger partial charge in [-0.15, -0.1) is 11.3 Å². The molecule has 3 rings (SSSR count). The second-order valence-electron chi connectivity index (χ2n) is 5.67. The van der Waals surface area contributed by atoms with Gasteiger partial charge in [0.2, 0.25) is 0 Å². The third-order valence-corrected chi connectivity index (χ3v) is 6.54. The van der Waals surface area contributed by atoms with Gasteiger partial charge in [-0.3, -0.25) is 0 Å². The molecule has 2 aromatic carbocycles. The molecule has 27 heavy (non-hydrogen) atoms. The van der Waals surface area contributed by atoms with Crippen LogP contribution in [0.15, 0.2) is 76.3 Å². The number of para-hydroxylation sites is 1. The van der Waals surface area contributed by atoms with Gasteiger partial charge in [-0.2, -0.15) is 0 Å². The Morgan fingerprint density at radius 2 is 1.78 bits per heavy atom. The molecule has 1 N–H and O–H groups in total. The van der Waals surface area contributed by atoms with Crippen LogP contribution in [0.5, 0.6) is 11.5 Å². The van der Waals surface area contributed by atoms with Crippen molar-refractivity contribution in [2.24, 2.45) is 0 Å². The number of ether oxygens (including phenoxy) is 1. The summed E-state index contributed by atoms with van der Waals surface area (Å²) in [5, 5.41) is 12.8. The van der Waals surface area contributed by atoms with Crippen LogP contribution >= 0.6 is 11.3 Å². The molecule has 8 heteroatoms. The van der Waals surface area contributed by atoms with Gasteiger partial charge in [0.1, 0.15) is 15.7 Å². The highest BCUT2D eigenvalue weighted by atomic mass is 32.2. The van der Waals surface area contributed by atoms with Gasteiger partial charge in [0.25, 0.3) is 10.0 Å². The lowest BCUT2D eigenvalue weighted by Gasteiger charge is -2.20. The zero-order chi connectivity index (χ0) is 19.3. The van der Waals surface area contributed by atoms with Crippen molar-refractivity contribution >= 4 is 27.3 Å². The quantitative estimate of drug-likeness (QED) is 0.625. The van der Waals surface area contributed by atoms with Crippen molar-refractivity contribution in [2.75, 3.05) is 0 Å². The maximum atomic E-state index is 12.5. The maximum absolute atomic E-state index is 12.5. The van der Waals surface area contributed by atoms with Crippen LogP contribution in [0, 0.1) is 0 Å². The average molecular weight is 402 g/mol. The fraction of sp³-hybridized carbons (Fsp3) is 0.105. The van der Waals surface area contributed by atoms with Crippen LogP contribution in [0.2, 0.25) is 0 Å². The van der Waals surface area contributed by atoms with Gasteiger partial charge >= 0.3 is 0 Å². The molecule has 0 amide bonds. The Kier molecular flexibility index (Phi) is 5.90. The summed E-state index contributed by atoms with van der Waals surface area (Å²) in [5.74, 6) is -0.272. The Morgan fingerprint density at radius 1 is 1.04 bits per heavy atom. The third kappa shape index (κ3) is 5.16. The molecule has 0 unspecified atom stereocenters. The Balaban J connectivity index is 1.87. The van der Waals surface area contributed by atoms with Crippen LogP contribution in [0.1, 0.15) is 18.0 Å². The number of benzene rings is 2. The van der Waals surface area contributed by atoms with Gasteiger partial charge in [0.05, 0.1) is 6.04 Å². The van der Waals surface area contributed by atoms with Gasteiger partial charge < -0.3 is 14.6 Å². The van der Waals surface area contributed by atoms with Crippen molar-refractivity contribution < 1.29 is 23.1 Å². The summed E-state index contributed by atoms with van der Waals surface area (Å²) in [4.78, 5) is 11.2. The van der Waals surface area contributed by atoms with Crippen LogP contribution in [0.4, 0.5) is 0 Å². The molecular weight excluding hydrogens is 386 g/mol. The minimum Gasteiger partial charge on any atom is -0.550 e. The number of carboxylic acid groups (broad SMARTS) is 1. The monoisotopic (exact) mass is 402 g/mol. The molecule has 0 spiro atoms. The molecule has 6 nitrogen and oxygen atoms in total. The molecule has 1 heterocycles. The summed E-state index contributed by atoms with van der Waals surface area (Å²) >= 11 is 1.05. The number of sulfonamides is 1. The van der Waals surface area contributed by atoms with Crippen molar-refractivity contribution in [3.63, 3.8) is 0 Å². The second kappa shape index (κ2) is 8.34. The Labute approximate surface area is 161 Å². The minimum atomic E-state index is -3.85. The Bertz CT molecular complexity index is 1000. The smallest absolute Gasteiger partial charge is 0.250 e. The SMILES string of the molecule is O=C([O-])C[C@H](NS(=O)(=O)c1cccs1)c1cccc(Oc2ccccc2)c1. The third-order valence-electron chi connectivity index (χ3n) is 3.67. The van der Waals surface area contributed by atoms with Gasteiger partial charge in [-0.05, 0) is 41.3 Å². The summed E-state index contributed by atoms with van der Waals surface area (Å²) in [6.45, 7) is 0. The van der Waals surface area contributed by atoms with Crippen LogP contribution in [0.25, 0.3) is 0 Å². The summed E-state index contributed by atoms with van der Waals surface area (Å²) in [7, 11) is -3.85. The number of hydrogen-bond acceptors (Lipinski definition) is 6. The van der Waals surface area contributed by atoms with Crippen molar-refractivity contribution in [1.82, 2.24) is 4.72 Å². The minimum absolute atomic E-state index is 0.113. The number of carbonyl (C=O) groups is 1. The van der Waals surface area contributed by atoms with E-state index in [2.05, 4.69) is 4.72 Å². The molecule has 0 aliphatic carbocycles. The predicted molar refractivity (Wildman–Crippen MR) is 100.0 cm³/mol. The summed E-state index contributed by atoms with van der Waals surface area (Å²) in [6.07, 6.45) is -0.501. The van der Waals surface area contributed by atoms with Gasteiger partial charge in [0.15, 0.2) is 0 Å². The van der Waals surface area contributed by atoms with Crippen LogP contribution < -0.4 is 14.6 Å². The fourth-order valence-corrected chi connectivity index (χ4v) is 4.71. The van der Waals surface area contributed by atoms with E-state index < -0.39 is 28.5 Å². The molecule has 0 bridgehead atoms. The molecule has 1 aromatic heterocycles. The molecule has 1 atom stereocenters. The first-order chi connectivity index (χ1) is 12.9. The predicted octanol–water partition coefficient (Wildman–Crippen LogP) is 2.70. The number of thiophene rings is 1. The molecule has 0 radical (unpaired) electrons. The van der Waals surface area contributed by atoms with Crippen molar-refractivity contribution in [2.45, 2.75) is 16.7 Å². The molecule has 0 fully saturated rings. The van der Waals surface area contributed by atoms with E-state index in [4.69, 9.17) is 4.74 Å². The van der Waals surface area contributed by atoms with E-state index in [-0.39, 0.29) is 4.21 Å². The van der Waals surface area contributed by atoms with Gasteiger partial charge in [0, 0.05) is 12.4 Å². The number of carboxylic acids is 1. The first-order valence-electron chi connectivity index (χ1n) is 8.02. The topological polar surface area (TPSA) is 95.5 Å². The number of nitrogens with one attached hydrogen (secondary N) is 1. The molecular formula is C19H16NO5S2-. The second-order valence-corrected chi connectivity index (χ2v) is 8.56. The molecule has 3 aromatic rings.